The Balaban J connectivity index is 2.41. The normalized spacial score (nSPS) is 21.6. The first kappa shape index (κ1) is 13.0. The second-order valence-electron chi connectivity index (χ2n) is 3.92. The van der Waals surface area contributed by atoms with E-state index in [1.165, 1.54) is 0 Å². The Kier molecular flexibility index (Phi) is 3.67. The lowest BCUT2D eigenvalue weighted by Gasteiger charge is -2.26. The Bertz CT molecular complexity index is 569. The lowest BCUT2D eigenvalue weighted by molar-refractivity contribution is 0.303. The molecular weight excluding hydrogens is 254 g/mol. The summed E-state index contributed by atoms with van der Waals surface area (Å²) in [5.41, 5.74) is 7.81. The second-order valence-corrected chi connectivity index (χ2v) is 5.37. The molecule has 1 atom stereocenters. The molecule has 1 heterocycles. The Morgan fingerprint density at radius 1 is 1.44 bits per heavy atom. The van der Waals surface area contributed by atoms with Crippen molar-refractivity contribution in [2.45, 2.75) is 12.6 Å². The molecule has 2 rings (SSSR count). The van der Waals surface area contributed by atoms with Crippen LogP contribution in [0.1, 0.15) is 23.7 Å². The first-order chi connectivity index (χ1) is 8.53. The van der Waals surface area contributed by atoms with Crippen molar-refractivity contribution >= 4 is 22.0 Å². The Morgan fingerprint density at radius 3 is 2.94 bits per heavy atom. The molecule has 6 nitrogen and oxygen atoms in total. The van der Waals surface area contributed by atoms with Crippen molar-refractivity contribution in [3.05, 3.63) is 35.4 Å². The van der Waals surface area contributed by atoms with Gasteiger partial charge in [-0.3, -0.25) is 4.72 Å². The van der Waals surface area contributed by atoms with E-state index >= 15 is 0 Å². The number of aliphatic hydroxyl groups excluding tert-OH is 1. The van der Waals surface area contributed by atoms with E-state index in [4.69, 9.17) is 10.8 Å². The summed E-state index contributed by atoms with van der Waals surface area (Å²) in [7, 11) is -3.58. The molecule has 5 N–H and O–H groups in total. The maximum Gasteiger partial charge on any atom is 0.300 e. The molecule has 1 unspecified atom stereocenters. The van der Waals surface area contributed by atoms with E-state index in [0.717, 1.165) is 5.56 Å². The summed E-state index contributed by atoms with van der Waals surface area (Å²) in [6.07, 6.45) is 3.39. The number of benzene rings is 1. The molecule has 1 aromatic carbocycles. The van der Waals surface area contributed by atoms with Crippen LogP contribution in [0.3, 0.4) is 0 Å². The molecule has 0 radical (unpaired) electrons. The zero-order valence-corrected chi connectivity index (χ0v) is 10.4. The number of hydrogen-bond acceptors (Lipinski definition) is 4. The van der Waals surface area contributed by atoms with Crippen molar-refractivity contribution in [3.8, 4) is 0 Å². The molecule has 0 aliphatic carbocycles. The monoisotopic (exact) mass is 269 g/mol. The van der Waals surface area contributed by atoms with Crippen LogP contribution >= 0.6 is 0 Å². The van der Waals surface area contributed by atoms with Crippen LogP contribution in [0, 0.1) is 0 Å². The Morgan fingerprint density at radius 2 is 2.22 bits per heavy atom. The van der Waals surface area contributed by atoms with Crippen molar-refractivity contribution in [2.24, 2.45) is 5.73 Å². The number of hydrogen-bond donors (Lipinski definition) is 4. The van der Waals surface area contributed by atoms with Gasteiger partial charge in [0.15, 0.2) is 0 Å². The molecule has 7 heteroatoms. The van der Waals surface area contributed by atoms with E-state index in [2.05, 4.69) is 9.44 Å². The van der Waals surface area contributed by atoms with Crippen LogP contribution < -0.4 is 15.2 Å². The summed E-state index contributed by atoms with van der Waals surface area (Å²) in [5, 5.41) is 8.72. The summed E-state index contributed by atoms with van der Waals surface area (Å²) < 4.78 is 27.6. The fraction of sp³-hybridized carbons (Fsp3) is 0.273. The number of nitrogens with two attached hydrogens (primary N) is 1. The number of aliphatic hydroxyl groups is 1. The van der Waals surface area contributed by atoms with Crippen LogP contribution in [0.15, 0.2) is 24.3 Å². The molecule has 1 aromatic rings. The number of nitrogens with one attached hydrogen (secondary N) is 2. The molecule has 98 valence electrons. The van der Waals surface area contributed by atoms with Crippen molar-refractivity contribution in [3.63, 3.8) is 0 Å². The van der Waals surface area contributed by atoms with Gasteiger partial charge in [-0.2, -0.15) is 13.1 Å². The van der Waals surface area contributed by atoms with Gasteiger partial charge in [0.2, 0.25) is 0 Å². The smallest absolute Gasteiger partial charge is 0.300 e. The minimum atomic E-state index is -3.58. The lowest BCUT2D eigenvalue weighted by Crippen LogP contribution is -2.42. The lowest BCUT2D eigenvalue weighted by atomic mass is 10.0. The zero-order chi connectivity index (χ0) is 13.2. The van der Waals surface area contributed by atoms with Crippen molar-refractivity contribution in [2.75, 3.05) is 11.3 Å². The van der Waals surface area contributed by atoms with Gasteiger partial charge in [-0.1, -0.05) is 24.3 Å². The van der Waals surface area contributed by atoms with Gasteiger partial charge in [0.05, 0.1) is 11.9 Å². The molecular formula is C11H15N3O3S. The third kappa shape index (κ3) is 2.70. The maximum atomic E-state index is 11.4. The van der Waals surface area contributed by atoms with Gasteiger partial charge in [0.1, 0.15) is 0 Å². The largest absolute Gasteiger partial charge is 0.396 e. The van der Waals surface area contributed by atoms with Crippen LogP contribution in [0.2, 0.25) is 0 Å². The minimum absolute atomic E-state index is 0.0719. The SMILES string of the molecule is NC1NS(=O)(=O)Nc2cccc(/C=C/CCO)c21. The average molecular weight is 269 g/mol. The Labute approximate surface area is 106 Å². The third-order valence-electron chi connectivity index (χ3n) is 2.57. The van der Waals surface area contributed by atoms with E-state index in [0.29, 0.717) is 17.7 Å². The number of anilines is 1. The predicted octanol–water partition coefficient (Wildman–Crippen LogP) is 0.299. The van der Waals surface area contributed by atoms with E-state index in [1.54, 1.807) is 12.1 Å². The minimum Gasteiger partial charge on any atom is -0.396 e. The van der Waals surface area contributed by atoms with E-state index in [9.17, 15) is 8.42 Å². The quantitative estimate of drug-likeness (QED) is 0.633. The van der Waals surface area contributed by atoms with E-state index < -0.39 is 16.4 Å². The van der Waals surface area contributed by atoms with Gasteiger partial charge in [0, 0.05) is 12.2 Å². The highest BCUT2D eigenvalue weighted by atomic mass is 32.2. The van der Waals surface area contributed by atoms with Crippen LogP contribution in [0.25, 0.3) is 6.08 Å². The summed E-state index contributed by atoms with van der Waals surface area (Å²) in [6.45, 7) is 0.0719. The van der Waals surface area contributed by atoms with Gasteiger partial charge in [-0.25, -0.2) is 0 Å². The van der Waals surface area contributed by atoms with Crippen LogP contribution in [0.4, 0.5) is 5.69 Å². The molecule has 0 aromatic heterocycles. The Hall–Kier alpha value is -1.41. The molecule has 0 amide bonds. The first-order valence-electron chi connectivity index (χ1n) is 5.49. The highest BCUT2D eigenvalue weighted by Gasteiger charge is 2.26. The maximum absolute atomic E-state index is 11.4. The van der Waals surface area contributed by atoms with Gasteiger partial charge >= 0.3 is 10.2 Å². The molecule has 18 heavy (non-hydrogen) atoms. The number of fused-ring (bicyclic) bond motifs is 1. The van der Waals surface area contributed by atoms with Crippen LogP contribution in [-0.2, 0) is 10.2 Å². The third-order valence-corrected chi connectivity index (χ3v) is 3.62. The van der Waals surface area contributed by atoms with Crippen molar-refractivity contribution < 1.29 is 13.5 Å². The van der Waals surface area contributed by atoms with E-state index in [1.807, 2.05) is 18.2 Å². The topological polar surface area (TPSA) is 104 Å². The molecule has 1 aliphatic heterocycles. The van der Waals surface area contributed by atoms with Crippen molar-refractivity contribution in [1.82, 2.24) is 4.72 Å². The fourth-order valence-corrected chi connectivity index (χ4v) is 2.83. The van der Waals surface area contributed by atoms with Gasteiger partial charge < -0.3 is 10.8 Å². The summed E-state index contributed by atoms with van der Waals surface area (Å²) in [5.74, 6) is 0. The van der Waals surface area contributed by atoms with Crippen LogP contribution in [-0.4, -0.2) is 20.1 Å². The fourth-order valence-electron chi connectivity index (χ4n) is 1.85. The standard InChI is InChI=1S/C11H15N3O3S/c12-11-10-8(4-1-2-7-15)5-3-6-9(10)13-18(16,17)14-11/h1,3-6,11,13-15H,2,7,12H2/b4-1+. The van der Waals surface area contributed by atoms with Gasteiger partial charge in [-0.15, -0.1) is 0 Å². The van der Waals surface area contributed by atoms with Crippen molar-refractivity contribution in [1.29, 1.82) is 0 Å². The number of rotatable bonds is 3. The molecule has 0 bridgehead atoms. The first-order valence-corrected chi connectivity index (χ1v) is 6.98. The second kappa shape index (κ2) is 5.07. The predicted molar refractivity (Wildman–Crippen MR) is 69.8 cm³/mol. The van der Waals surface area contributed by atoms with Crippen LogP contribution in [0.5, 0.6) is 0 Å². The van der Waals surface area contributed by atoms with Gasteiger partial charge in [0.25, 0.3) is 0 Å². The highest BCUT2D eigenvalue weighted by molar-refractivity contribution is 7.90. The zero-order valence-electron chi connectivity index (χ0n) is 9.63. The van der Waals surface area contributed by atoms with E-state index in [-0.39, 0.29) is 6.61 Å². The molecule has 0 saturated carbocycles. The molecule has 1 aliphatic rings. The van der Waals surface area contributed by atoms with Gasteiger partial charge in [-0.05, 0) is 18.1 Å². The summed E-state index contributed by atoms with van der Waals surface area (Å²) in [6, 6.07) is 5.25. The highest BCUT2D eigenvalue weighted by Crippen LogP contribution is 2.29. The molecule has 0 saturated heterocycles. The summed E-state index contributed by atoms with van der Waals surface area (Å²) >= 11 is 0. The molecule has 0 spiro atoms. The summed E-state index contributed by atoms with van der Waals surface area (Å²) in [4.78, 5) is 0. The average Bonchev–Trinajstić information content (AvgIpc) is 2.27. The molecule has 0 fully saturated rings.